The third-order valence-electron chi connectivity index (χ3n) is 7.86. The fraction of sp³-hybridized carbons (Fsp3) is 0.379. The van der Waals surface area contributed by atoms with Crippen molar-refractivity contribution in [1.82, 2.24) is 4.31 Å². The summed E-state index contributed by atoms with van der Waals surface area (Å²) < 4.78 is 59.3. The summed E-state index contributed by atoms with van der Waals surface area (Å²) in [4.78, 5) is 25.9. The van der Waals surface area contributed by atoms with E-state index in [1.165, 1.54) is 16.4 Å². The van der Waals surface area contributed by atoms with Crippen LogP contribution in [0.5, 0.6) is 0 Å². The first-order chi connectivity index (χ1) is 20.5. The van der Waals surface area contributed by atoms with Crippen molar-refractivity contribution in [2.75, 3.05) is 30.4 Å². The molecule has 43 heavy (non-hydrogen) atoms. The van der Waals surface area contributed by atoms with Crippen LogP contribution in [-0.4, -0.2) is 62.6 Å². The van der Waals surface area contributed by atoms with E-state index in [4.69, 9.17) is 11.6 Å². The van der Waals surface area contributed by atoms with Crippen molar-refractivity contribution in [2.24, 2.45) is 5.92 Å². The Kier molecular flexibility index (Phi) is 9.26. The van der Waals surface area contributed by atoms with Crippen LogP contribution in [0.25, 0.3) is 10.4 Å². The Morgan fingerprint density at radius 3 is 2.49 bits per heavy atom. The van der Waals surface area contributed by atoms with E-state index in [2.05, 4.69) is 10.1 Å². The van der Waals surface area contributed by atoms with Crippen LogP contribution in [0.2, 0.25) is 5.02 Å². The first-order valence-corrected chi connectivity index (χ1v) is 16.3. The number of rotatable bonds is 7. The number of carbonyl (C=O) groups is 2. The van der Waals surface area contributed by atoms with E-state index in [1.54, 1.807) is 13.1 Å². The molecule has 0 saturated heterocycles. The Labute approximate surface area is 257 Å². The van der Waals surface area contributed by atoms with Crippen molar-refractivity contribution >= 4 is 62.1 Å². The molecule has 0 unspecified atom stereocenters. The van der Waals surface area contributed by atoms with E-state index < -0.39 is 35.1 Å². The van der Waals surface area contributed by atoms with Gasteiger partial charge in [0.25, 0.3) is 6.43 Å². The van der Waals surface area contributed by atoms with Gasteiger partial charge in [-0.25, -0.2) is 26.8 Å². The molecule has 2 aliphatic rings. The molecular formula is C29H30ClF2N3O6S2. The number of sulfonamides is 1. The van der Waals surface area contributed by atoms with E-state index in [0.717, 1.165) is 49.1 Å². The summed E-state index contributed by atoms with van der Waals surface area (Å²) in [5, 5.41) is 12.1. The van der Waals surface area contributed by atoms with Crippen molar-refractivity contribution in [3.63, 3.8) is 0 Å². The fourth-order valence-corrected chi connectivity index (χ4v) is 8.66. The maximum atomic E-state index is 14.2. The number of fused-ring (bicyclic) bond motifs is 1. The molecule has 2 heterocycles. The summed E-state index contributed by atoms with van der Waals surface area (Å²) in [5.41, 5.74) is 1.25. The molecule has 5 rings (SSSR count). The van der Waals surface area contributed by atoms with Crippen LogP contribution in [0.4, 0.5) is 30.6 Å². The molecular weight excluding hydrogens is 624 g/mol. The van der Waals surface area contributed by atoms with Crippen LogP contribution >= 0.6 is 22.9 Å². The van der Waals surface area contributed by atoms with Crippen molar-refractivity contribution in [2.45, 2.75) is 49.5 Å². The number of ether oxygens (including phenoxy) is 1. The number of likely N-dealkylation sites (N-methyl/N-ethyl adjacent to an activating group) is 1. The second-order valence-electron chi connectivity index (χ2n) is 10.5. The summed E-state index contributed by atoms with van der Waals surface area (Å²) in [5.74, 6) is -1.21. The third kappa shape index (κ3) is 6.49. The molecule has 1 amide bonds. The van der Waals surface area contributed by atoms with E-state index in [-0.39, 0.29) is 42.9 Å². The van der Waals surface area contributed by atoms with E-state index >= 15 is 0 Å². The molecule has 3 aromatic rings. The zero-order valence-electron chi connectivity index (χ0n) is 23.1. The lowest BCUT2D eigenvalue weighted by molar-refractivity contribution is 0.0547. The minimum atomic E-state index is -4.04. The Hall–Kier alpha value is -3.26. The molecule has 1 aliphatic carbocycles. The normalized spacial score (nSPS) is 19.1. The number of para-hydroxylation sites is 1. The average Bonchev–Trinajstić information content (AvgIpc) is 3.37. The number of thiophene rings is 1. The Morgan fingerprint density at radius 2 is 1.84 bits per heavy atom. The number of carbonyl (C=O) groups excluding carboxylic acids is 1. The zero-order chi connectivity index (χ0) is 30.9. The molecule has 0 radical (unpaired) electrons. The molecule has 1 atom stereocenters. The molecule has 1 aliphatic heterocycles. The van der Waals surface area contributed by atoms with Gasteiger partial charge in [0.1, 0.15) is 9.77 Å². The summed E-state index contributed by atoms with van der Waals surface area (Å²) >= 11 is 7.53. The monoisotopic (exact) mass is 653 g/mol. The van der Waals surface area contributed by atoms with E-state index in [0.29, 0.717) is 12.2 Å². The first-order valence-electron chi connectivity index (χ1n) is 13.7. The SMILES string of the molecule is CN1[C@H](C2CCCCC2)CN(c2ccccc2)c2cc(Cl)c(-c3cc(NC(=O)OCC(F)F)c(C(=O)O)s3)cc2S1(=O)=O. The summed E-state index contributed by atoms with van der Waals surface area (Å²) in [6.45, 7) is -0.739. The fourth-order valence-electron chi connectivity index (χ4n) is 5.76. The second kappa shape index (κ2) is 12.8. The number of aromatic carboxylic acids is 1. The van der Waals surface area contributed by atoms with Crippen LogP contribution in [0, 0.1) is 5.92 Å². The van der Waals surface area contributed by atoms with E-state index in [9.17, 15) is 31.9 Å². The highest BCUT2D eigenvalue weighted by atomic mass is 35.5. The molecule has 2 N–H and O–H groups in total. The van der Waals surface area contributed by atoms with E-state index in [1.807, 2.05) is 35.2 Å². The standard InChI is InChI=1S/C29H30ClF2N3O6S2/c1-34-23(17-8-4-2-5-9-17)15-35(18-10-6-3-7-11-18)22-13-20(30)19(12-25(22)43(34,39)40)24-14-21(27(42-24)28(36)37)33-29(38)41-16-26(31)32/h3,6-7,10-14,17,23,26H,2,4-5,8-9,15-16H2,1H3,(H,33,38)(H,36,37)/t23-/m0/s1. The molecule has 1 aromatic heterocycles. The highest BCUT2D eigenvalue weighted by Gasteiger charge is 2.41. The minimum absolute atomic E-state index is 0.00712. The number of hydrogen-bond donors (Lipinski definition) is 2. The Morgan fingerprint density at radius 1 is 1.14 bits per heavy atom. The molecule has 1 saturated carbocycles. The van der Waals surface area contributed by atoms with Crippen molar-refractivity contribution in [3.8, 4) is 10.4 Å². The van der Waals surface area contributed by atoms with Gasteiger partial charge in [0.05, 0.1) is 16.4 Å². The molecule has 230 valence electrons. The molecule has 2 aromatic carbocycles. The predicted molar refractivity (Wildman–Crippen MR) is 161 cm³/mol. The third-order valence-corrected chi connectivity index (χ3v) is 11.2. The van der Waals surface area contributed by atoms with Crippen molar-refractivity contribution in [1.29, 1.82) is 0 Å². The van der Waals surface area contributed by atoms with Crippen LogP contribution in [0.15, 0.2) is 53.4 Å². The number of carboxylic acid groups (broad SMARTS) is 1. The second-order valence-corrected chi connectivity index (χ2v) is 13.9. The lowest BCUT2D eigenvalue weighted by atomic mass is 9.83. The van der Waals surface area contributed by atoms with Crippen LogP contribution in [0.3, 0.4) is 0 Å². The van der Waals surface area contributed by atoms with Gasteiger partial charge >= 0.3 is 12.1 Å². The van der Waals surface area contributed by atoms with Crippen LogP contribution in [0.1, 0.15) is 41.8 Å². The lowest BCUT2D eigenvalue weighted by Gasteiger charge is -2.36. The lowest BCUT2D eigenvalue weighted by Crippen LogP contribution is -2.46. The number of halogens is 3. The van der Waals surface area contributed by atoms with Crippen molar-refractivity contribution < 1.29 is 36.6 Å². The quantitative estimate of drug-likeness (QED) is 0.275. The first kappa shape index (κ1) is 31.2. The topological polar surface area (TPSA) is 116 Å². The Balaban J connectivity index is 1.61. The van der Waals surface area contributed by atoms with Gasteiger partial charge in [-0.05, 0) is 49.1 Å². The highest BCUT2D eigenvalue weighted by molar-refractivity contribution is 7.89. The number of alkyl halides is 2. The smallest absolute Gasteiger partial charge is 0.411 e. The number of nitrogens with zero attached hydrogens (tertiary/aromatic N) is 2. The van der Waals surface area contributed by atoms with Crippen molar-refractivity contribution in [3.05, 3.63) is 58.4 Å². The number of nitrogens with one attached hydrogen (secondary N) is 1. The molecule has 14 heteroatoms. The van der Waals surface area contributed by atoms with Gasteiger partial charge in [0.15, 0.2) is 6.61 Å². The summed E-state index contributed by atoms with van der Waals surface area (Å²) in [6.07, 6.45) is 0.919. The van der Waals surface area contributed by atoms with Gasteiger partial charge < -0.3 is 14.7 Å². The highest BCUT2D eigenvalue weighted by Crippen LogP contribution is 2.46. The number of anilines is 3. The number of carboxylic acids is 1. The largest absolute Gasteiger partial charge is 0.477 e. The summed E-state index contributed by atoms with van der Waals surface area (Å²) in [7, 11) is -2.44. The van der Waals surface area contributed by atoms with Gasteiger partial charge in [-0.1, -0.05) is 49.1 Å². The Bertz CT molecular complexity index is 1610. The maximum Gasteiger partial charge on any atom is 0.411 e. The maximum absolute atomic E-state index is 14.2. The molecule has 9 nitrogen and oxygen atoms in total. The van der Waals surface area contributed by atoms with Crippen LogP contribution < -0.4 is 10.2 Å². The van der Waals surface area contributed by atoms with Gasteiger partial charge in [-0.15, -0.1) is 11.3 Å². The zero-order valence-corrected chi connectivity index (χ0v) is 25.5. The number of hydrogen-bond acceptors (Lipinski definition) is 7. The number of amides is 1. The van der Waals surface area contributed by atoms with Gasteiger partial charge in [0.2, 0.25) is 10.0 Å². The summed E-state index contributed by atoms with van der Waals surface area (Å²) in [6, 6.07) is 13.5. The minimum Gasteiger partial charge on any atom is -0.477 e. The predicted octanol–water partition coefficient (Wildman–Crippen LogP) is 7.30. The van der Waals surface area contributed by atoms with Gasteiger partial charge in [0, 0.05) is 35.8 Å². The molecule has 0 spiro atoms. The van der Waals surface area contributed by atoms with Crippen LogP contribution in [-0.2, 0) is 14.8 Å². The van der Waals surface area contributed by atoms with Gasteiger partial charge in [-0.2, -0.15) is 4.31 Å². The number of benzene rings is 2. The molecule has 0 bridgehead atoms. The molecule has 1 fully saturated rings. The average molecular weight is 654 g/mol. The van der Waals surface area contributed by atoms with Gasteiger partial charge in [-0.3, -0.25) is 5.32 Å².